The number of sulfonamides is 1. The van der Waals surface area contributed by atoms with Crippen molar-refractivity contribution >= 4 is 49.1 Å². The Hall–Kier alpha value is -2.55. The van der Waals surface area contributed by atoms with E-state index in [4.69, 9.17) is 16.3 Å². The van der Waals surface area contributed by atoms with Gasteiger partial charge in [-0.1, -0.05) is 57.9 Å². The number of ether oxygens (including phenoxy) is 1. The van der Waals surface area contributed by atoms with Gasteiger partial charge in [-0.05, 0) is 55.0 Å². The Kier molecular flexibility index (Phi) is 7.59. The van der Waals surface area contributed by atoms with E-state index in [2.05, 4.69) is 26.0 Å². The molecule has 3 rings (SSSR count). The molecule has 0 saturated heterocycles. The summed E-state index contributed by atoms with van der Waals surface area (Å²) in [4.78, 5) is 12.2. The molecule has 0 aliphatic carbocycles. The van der Waals surface area contributed by atoms with E-state index in [1.807, 2.05) is 31.2 Å². The van der Waals surface area contributed by atoms with Gasteiger partial charge in [-0.25, -0.2) is 8.42 Å². The molecular formula is C22H20BrClN2O4S. The summed E-state index contributed by atoms with van der Waals surface area (Å²) in [7, 11) is -3.81. The Balaban J connectivity index is 1.60. The zero-order chi connectivity index (χ0) is 22.4. The minimum atomic E-state index is -3.81. The lowest BCUT2D eigenvalue weighted by Gasteiger charge is -2.15. The molecule has 9 heteroatoms. The molecule has 31 heavy (non-hydrogen) atoms. The maximum atomic E-state index is 12.5. The Morgan fingerprint density at radius 1 is 1.06 bits per heavy atom. The molecule has 0 aliphatic rings. The molecule has 1 amide bonds. The van der Waals surface area contributed by atoms with Crippen LogP contribution in [-0.2, 0) is 14.8 Å². The van der Waals surface area contributed by atoms with Crippen LogP contribution in [0.2, 0.25) is 5.02 Å². The van der Waals surface area contributed by atoms with Crippen molar-refractivity contribution in [2.45, 2.75) is 17.9 Å². The molecule has 0 radical (unpaired) electrons. The van der Waals surface area contributed by atoms with Crippen LogP contribution in [0.4, 0.5) is 5.69 Å². The second-order valence-corrected chi connectivity index (χ2v) is 9.70. The lowest BCUT2D eigenvalue weighted by Crippen LogP contribution is -2.31. The number of carbonyl (C=O) groups is 1. The topological polar surface area (TPSA) is 84.5 Å². The first-order valence-electron chi connectivity index (χ1n) is 9.29. The number of anilines is 1. The molecule has 0 spiro atoms. The Bertz CT molecular complexity index is 1160. The normalized spacial score (nSPS) is 12.1. The maximum Gasteiger partial charge on any atom is 0.261 e. The molecule has 6 nitrogen and oxygen atoms in total. The van der Waals surface area contributed by atoms with E-state index in [0.717, 1.165) is 10.0 Å². The lowest BCUT2D eigenvalue weighted by molar-refractivity contribution is -0.123. The first kappa shape index (κ1) is 23.1. The van der Waals surface area contributed by atoms with Gasteiger partial charge < -0.3 is 10.1 Å². The summed E-state index contributed by atoms with van der Waals surface area (Å²) in [6.45, 7) is 1.61. The monoisotopic (exact) mass is 522 g/mol. The van der Waals surface area contributed by atoms with E-state index in [0.29, 0.717) is 5.69 Å². The molecule has 3 aromatic carbocycles. The second-order valence-electron chi connectivity index (χ2n) is 6.69. The van der Waals surface area contributed by atoms with Crippen molar-refractivity contribution in [3.63, 3.8) is 0 Å². The molecular weight excluding hydrogens is 504 g/mol. The largest absolute Gasteiger partial charge is 0.482 e. The summed E-state index contributed by atoms with van der Waals surface area (Å²) in [6, 6.07) is 20.0. The van der Waals surface area contributed by atoms with Gasteiger partial charge in [0.2, 0.25) is 0 Å². The fourth-order valence-electron chi connectivity index (χ4n) is 2.75. The molecule has 0 saturated carbocycles. The molecule has 1 atom stereocenters. The number of hydrogen-bond donors (Lipinski definition) is 2. The molecule has 0 heterocycles. The third-order valence-corrected chi connectivity index (χ3v) is 6.55. The van der Waals surface area contributed by atoms with Crippen LogP contribution in [0.15, 0.2) is 82.2 Å². The van der Waals surface area contributed by atoms with Crippen molar-refractivity contribution in [1.82, 2.24) is 5.32 Å². The first-order chi connectivity index (χ1) is 14.7. The standard InChI is InChI=1S/C22H20BrClN2O4S/c1-15(16-7-9-17(23)10-8-16)25-22(27)14-30-21-12-11-19(13-20(21)24)31(28,29)26-18-5-3-2-4-6-18/h2-13,15,26H,14H2,1H3,(H,25,27). The van der Waals surface area contributed by atoms with Crippen LogP contribution in [0.1, 0.15) is 18.5 Å². The summed E-state index contributed by atoms with van der Waals surface area (Å²) in [5.74, 6) is -0.110. The predicted molar refractivity (Wildman–Crippen MR) is 125 cm³/mol. The van der Waals surface area contributed by atoms with Crippen LogP contribution < -0.4 is 14.8 Å². The highest BCUT2D eigenvalue weighted by Gasteiger charge is 2.17. The van der Waals surface area contributed by atoms with Crippen molar-refractivity contribution in [1.29, 1.82) is 0 Å². The number of benzene rings is 3. The van der Waals surface area contributed by atoms with Crippen LogP contribution in [0.5, 0.6) is 5.75 Å². The third-order valence-electron chi connectivity index (χ3n) is 4.35. The smallest absolute Gasteiger partial charge is 0.261 e. The molecule has 0 aromatic heterocycles. The number of halogens is 2. The lowest BCUT2D eigenvalue weighted by atomic mass is 10.1. The van der Waals surface area contributed by atoms with Crippen LogP contribution in [-0.4, -0.2) is 20.9 Å². The number of nitrogens with one attached hydrogen (secondary N) is 2. The number of rotatable bonds is 8. The first-order valence-corrected chi connectivity index (χ1v) is 11.9. The molecule has 3 aromatic rings. The van der Waals surface area contributed by atoms with E-state index >= 15 is 0 Å². The average molecular weight is 524 g/mol. The summed E-state index contributed by atoms with van der Waals surface area (Å²) in [5, 5.41) is 2.93. The Morgan fingerprint density at radius 2 is 1.74 bits per heavy atom. The van der Waals surface area contributed by atoms with Crippen LogP contribution in [0.3, 0.4) is 0 Å². The molecule has 0 bridgehead atoms. The summed E-state index contributed by atoms with van der Waals surface area (Å²) >= 11 is 9.56. The van der Waals surface area contributed by atoms with E-state index in [9.17, 15) is 13.2 Å². The van der Waals surface area contributed by atoms with Gasteiger partial charge in [0.15, 0.2) is 6.61 Å². The highest BCUT2D eigenvalue weighted by Crippen LogP contribution is 2.28. The van der Waals surface area contributed by atoms with Crippen molar-refractivity contribution in [2.24, 2.45) is 0 Å². The van der Waals surface area contributed by atoms with Gasteiger partial charge in [0.25, 0.3) is 15.9 Å². The summed E-state index contributed by atoms with van der Waals surface area (Å²) in [6.07, 6.45) is 0. The van der Waals surface area contributed by atoms with Crippen molar-refractivity contribution in [3.05, 3.63) is 87.9 Å². The zero-order valence-electron chi connectivity index (χ0n) is 16.5. The van der Waals surface area contributed by atoms with Crippen molar-refractivity contribution in [2.75, 3.05) is 11.3 Å². The summed E-state index contributed by atoms with van der Waals surface area (Å²) < 4.78 is 34.0. The second kappa shape index (κ2) is 10.2. The molecule has 0 fully saturated rings. The highest BCUT2D eigenvalue weighted by molar-refractivity contribution is 9.10. The number of carbonyl (C=O) groups excluding carboxylic acids is 1. The van der Waals surface area contributed by atoms with Gasteiger partial charge in [0.05, 0.1) is 16.0 Å². The van der Waals surface area contributed by atoms with Crippen LogP contribution >= 0.6 is 27.5 Å². The molecule has 2 N–H and O–H groups in total. The van der Waals surface area contributed by atoms with E-state index in [1.165, 1.54) is 18.2 Å². The Labute approximate surface area is 194 Å². The van der Waals surface area contributed by atoms with E-state index < -0.39 is 10.0 Å². The van der Waals surface area contributed by atoms with Crippen LogP contribution in [0, 0.1) is 0 Å². The number of amides is 1. The number of hydrogen-bond acceptors (Lipinski definition) is 4. The van der Waals surface area contributed by atoms with Gasteiger partial charge in [0.1, 0.15) is 5.75 Å². The molecule has 1 unspecified atom stereocenters. The van der Waals surface area contributed by atoms with Gasteiger partial charge >= 0.3 is 0 Å². The third kappa shape index (κ3) is 6.46. The quantitative estimate of drug-likeness (QED) is 0.427. The van der Waals surface area contributed by atoms with Crippen molar-refractivity contribution < 1.29 is 17.9 Å². The van der Waals surface area contributed by atoms with Gasteiger partial charge in [-0.15, -0.1) is 0 Å². The van der Waals surface area contributed by atoms with Gasteiger partial charge in [0, 0.05) is 10.2 Å². The van der Waals surface area contributed by atoms with E-state index in [1.54, 1.807) is 30.3 Å². The fraction of sp³-hybridized carbons (Fsp3) is 0.136. The fourth-order valence-corrected chi connectivity index (χ4v) is 4.40. The van der Waals surface area contributed by atoms with E-state index in [-0.39, 0.29) is 34.2 Å². The molecule has 162 valence electrons. The minimum Gasteiger partial charge on any atom is -0.482 e. The number of para-hydroxylation sites is 1. The van der Waals surface area contributed by atoms with Crippen LogP contribution in [0.25, 0.3) is 0 Å². The minimum absolute atomic E-state index is 0.0120. The maximum absolute atomic E-state index is 12.5. The zero-order valence-corrected chi connectivity index (χ0v) is 19.7. The highest BCUT2D eigenvalue weighted by atomic mass is 79.9. The predicted octanol–water partition coefficient (Wildman–Crippen LogP) is 5.16. The van der Waals surface area contributed by atoms with Gasteiger partial charge in [-0.2, -0.15) is 0 Å². The van der Waals surface area contributed by atoms with Crippen molar-refractivity contribution in [3.8, 4) is 5.75 Å². The molecule has 0 aliphatic heterocycles. The average Bonchev–Trinajstić information content (AvgIpc) is 2.73. The SMILES string of the molecule is CC(NC(=O)COc1ccc(S(=O)(=O)Nc2ccccc2)cc1Cl)c1ccc(Br)cc1. The van der Waals surface area contributed by atoms with Gasteiger partial charge in [-0.3, -0.25) is 9.52 Å². The Morgan fingerprint density at radius 3 is 2.39 bits per heavy atom. The summed E-state index contributed by atoms with van der Waals surface area (Å²) in [5.41, 5.74) is 1.39.